The lowest BCUT2D eigenvalue weighted by Gasteiger charge is -2.52. The van der Waals surface area contributed by atoms with Gasteiger partial charge in [0.1, 0.15) is 5.52 Å². The average molecular weight is 410 g/mol. The van der Waals surface area contributed by atoms with Crippen LogP contribution in [0, 0.1) is 5.92 Å². The molecule has 2 aromatic heterocycles. The highest BCUT2D eigenvalue weighted by molar-refractivity contribution is 5.95. The summed E-state index contributed by atoms with van der Waals surface area (Å²) in [6.45, 7) is 3.90. The number of hydrogen-bond acceptors (Lipinski definition) is 5. The fourth-order valence-corrected chi connectivity index (χ4v) is 5.16. The van der Waals surface area contributed by atoms with Gasteiger partial charge in [-0.05, 0) is 37.8 Å². The summed E-state index contributed by atoms with van der Waals surface area (Å²) in [6.07, 6.45) is 5.17. The number of carbonyl (C=O) groups is 3. The Hall–Kier alpha value is -2.90. The van der Waals surface area contributed by atoms with Crippen molar-refractivity contribution in [2.45, 2.75) is 44.7 Å². The van der Waals surface area contributed by atoms with Crippen molar-refractivity contribution < 1.29 is 18.8 Å². The minimum atomic E-state index is -0.132. The lowest BCUT2D eigenvalue weighted by Crippen LogP contribution is -2.66. The van der Waals surface area contributed by atoms with E-state index in [0.29, 0.717) is 36.5 Å². The van der Waals surface area contributed by atoms with Gasteiger partial charge in [0.2, 0.25) is 11.8 Å². The molecule has 3 unspecified atom stereocenters. The molecule has 158 valence electrons. The molecule has 6 heterocycles. The summed E-state index contributed by atoms with van der Waals surface area (Å²) in [5.74, 6) is 0.210. The highest BCUT2D eigenvalue weighted by Gasteiger charge is 2.45. The number of pyridine rings is 1. The maximum absolute atomic E-state index is 13.2. The van der Waals surface area contributed by atoms with Crippen LogP contribution in [0.25, 0.3) is 11.1 Å². The first-order valence-corrected chi connectivity index (χ1v) is 10.7. The third-order valence-corrected chi connectivity index (χ3v) is 6.79. The molecule has 0 aliphatic carbocycles. The molecule has 3 amide bonds. The Morgan fingerprint density at radius 2 is 1.83 bits per heavy atom. The van der Waals surface area contributed by atoms with Crippen molar-refractivity contribution in [3.8, 4) is 0 Å². The van der Waals surface area contributed by atoms with E-state index in [1.807, 2.05) is 9.80 Å². The van der Waals surface area contributed by atoms with E-state index < -0.39 is 0 Å². The first-order chi connectivity index (χ1) is 14.5. The van der Waals surface area contributed by atoms with E-state index in [0.717, 1.165) is 32.2 Å². The molecule has 0 spiro atoms. The van der Waals surface area contributed by atoms with Gasteiger partial charge in [-0.2, -0.15) is 0 Å². The molecule has 4 saturated heterocycles. The highest BCUT2D eigenvalue weighted by Crippen LogP contribution is 2.33. The van der Waals surface area contributed by atoms with Gasteiger partial charge < -0.3 is 19.1 Å². The normalized spacial score (nSPS) is 26.3. The zero-order valence-corrected chi connectivity index (χ0v) is 17.1. The van der Waals surface area contributed by atoms with Gasteiger partial charge in [-0.15, -0.1) is 0 Å². The van der Waals surface area contributed by atoms with Crippen LogP contribution in [0.5, 0.6) is 0 Å². The SMILES string of the molecule is CC(=O)N1CCCC(C(=O)N2CC3CCC2CN3C(=O)c2cc3ncccc3o2)C1. The number of furan rings is 1. The number of amides is 3. The number of carbonyl (C=O) groups excluding carboxylic acids is 3. The molecule has 0 aromatic carbocycles. The number of nitrogens with zero attached hydrogens (tertiary/aromatic N) is 4. The number of aromatic nitrogens is 1. The van der Waals surface area contributed by atoms with Crippen LogP contribution >= 0.6 is 0 Å². The van der Waals surface area contributed by atoms with Crippen molar-refractivity contribution in [3.63, 3.8) is 0 Å². The molecule has 0 N–H and O–H groups in total. The molecular formula is C22H26N4O4. The van der Waals surface area contributed by atoms with Gasteiger partial charge in [0.25, 0.3) is 5.91 Å². The summed E-state index contributed by atoms with van der Waals surface area (Å²) in [5.41, 5.74) is 1.28. The largest absolute Gasteiger partial charge is 0.449 e. The summed E-state index contributed by atoms with van der Waals surface area (Å²) >= 11 is 0. The van der Waals surface area contributed by atoms with Crippen LogP contribution in [0.15, 0.2) is 28.8 Å². The predicted molar refractivity (Wildman–Crippen MR) is 109 cm³/mol. The second-order valence-electron chi connectivity index (χ2n) is 8.63. The van der Waals surface area contributed by atoms with Gasteiger partial charge in [-0.1, -0.05) is 0 Å². The molecule has 0 saturated carbocycles. The average Bonchev–Trinajstić information content (AvgIpc) is 3.22. The molecule has 2 aromatic rings. The van der Waals surface area contributed by atoms with E-state index in [-0.39, 0.29) is 35.7 Å². The summed E-state index contributed by atoms with van der Waals surface area (Å²) in [5, 5.41) is 0. The van der Waals surface area contributed by atoms with E-state index in [2.05, 4.69) is 4.98 Å². The second kappa shape index (κ2) is 7.41. The second-order valence-corrected chi connectivity index (χ2v) is 8.63. The monoisotopic (exact) mass is 410 g/mol. The Balaban J connectivity index is 1.29. The summed E-state index contributed by atoms with van der Waals surface area (Å²) < 4.78 is 5.72. The number of piperidine rings is 3. The quantitative estimate of drug-likeness (QED) is 0.755. The molecular weight excluding hydrogens is 384 g/mol. The van der Waals surface area contributed by atoms with Gasteiger partial charge in [-0.25, -0.2) is 0 Å². The molecule has 4 aliphatic rings. The standard InChI is InChI=1S/C22H26N4O4/c1-14(27)24-9-3-4-15(11-24)21(28)25-12-17-7-6-16(25)13-26(17)22(29)20-10-18-19(30-20)5-2-8-23-18/h2,5,8,10,15-17H,3-4,6-7,9,11-13H2,1H3. The van der Waals surface area contributed by atoms with Gasteiger partial charge in [-0.3, -0.25) is 19.4 Å². The summed E-state index contributed by atoms with van der Waals surface area (Å²) in [6, 6.07) is 5.31. The molecule has 0 radical (unpaired) electrons. The number of fused-ring (bicyclic) bond motifs is 4. The molecule has 8 heteroatoms. The van der Waals surface area contributed by atoms with Gasteiger partial charge in [0, 0.05) is 57.4 Å². The van der Waals surface area contributed by atoms with Gasteiger partial charge in [0.05, 0.1) is 5.92 Å². The molecule has 8 nitrogen and oxygen atoms in total. The Morgan fingerprint density at radius 1 is 1.07 bits per heavy atom. The summed E-state index contributed by atoms with van der Waals surface area (Å²) in [7, 11) is 0. The van der Waals surface area contributed by atoms with Crippen molar-refractivity contribution in [1.29, 1.82) is 0 Å². The Labute approximate surface area is 174 Å². The fraction of sp³-hybridized carbons (Fsp3) is 0.545. The zero-order chi connectivity index (χ0) is 20.8. The highest BCUT2D eigenvalue weighted by atomic mass is 16.3. The van der Waals surface area contributed by atoms with Crippen molar-refractivity contribution in [3.05, 3.63) is 30.2 Å². The van der Waals surface area contributed by atoms with Crippen LogP contribution < -0.4 is 0 Å². The predicted octanol–water partition coefficient (Wildman–Crippen LogP) is 1.90. The lowest BCUT2D eigenvalue weighted by molar-refractivity contribution is -0.148. The molecule has 6 rings (SSSR count). The van der Waals surface area contributed by atoms with E-state index in [1.165, 1.54) is 0 Å². The molecule has 4 fully saturated rings. The molecule has 4 aliphatic heterocycles. The van der Waals surface area contributed by atoms with E-state index >= 15 is 0 Å². The third-order valence-electron chi connectivity index (χ3n) is 6.79. The number of hydrogen-bond donors (Lipinski definition) is 0. The Kier molecular flexibility index (Phi) is 4.72. The van der Waals surface area contributed by atoms with Crippen LogP contribution in [-0.2, 0) is 9.59 Å². The maximum Gasteiger partial charge on any atom is 0.290 e. The number of rotatable bonds is 2. The zero-order valence-electron chi connectivity index (χ0n) is 17.1. The summed E-state index contributed by atoms with van der Waals surface area (Å²) in [4.78, 5) is 47.9. The number of likely N-dealkylation sites (tertiary alicyclic amines) is 1. The van der Waals surface area contributed by atoms with E-state index in [9.17, 15) is 14.4 Å². The third kappa shape index (κ3) is 3.24. The van der Waals surface area contributed by atoms with E-state index in [4.69, 9.17) is 4.42 Å². The van der Waals surface area contributed by atoms with Crippen molar-refractivity contribution in [2.75, 3.05) is 26.2 Å². The van der Waals surface area contributed by atoms with Crippen molar-refractivity contribution in [1.82, 2.24) is 19.7 Å². The lowest BCUT2D eigenvalue weighted by atomic mass is 9.87. The van der Waals surface area contributed by atoms with Gasteiger partial charge >= 0.3 is 0 Å². The fourth-order valence-electron chi connectivity index (χ4n) is 5.16. The molecule has 2 bridgehead atoms. The van der Waals surface area contributed by atoms with Crippen LogP contribution in [0.4, 0.5) is 0 Å². The van der Waals surface area contributed by atoms with Gasteiger partial charge in [0.15, 0.2) is 11.3 Å². The smallest absolute Gasteiger partial charge is 0.290 e. The topological polar surface area (TPSA) is 87.0 Å². The number of piperazine rings is 1. The first kappa shape index (κ1) is 19.1. The van der Waals surface area contributed by atoms with E-state index in [1.54, 1.807) is 36.2 Å². The maximum atomic E-state index is 13.2. The Morgan fingerprint density at radius 3 is 2.53 bits per heavy atom. The Bertz CT molecular complexity index is 969. The molecule has 3 atom stereocenters. The van der Waals surface area contributed by atoms with Crippen molar-refractivity contribution >= 4 is 28.8 Å². The van der Waals surface area contributed by atoms with Crippen LogP contribution in [0.3, 0.4) is 0 Å². The van der Waals surface area contributed by atoms with Crippen LogP contribution in [0.1, 0.15) is 43.2 Å². The van der Waals surface area contributed by atoms with Crippen LogP contribution in [0.2, 0.25) is 0 Å². The minimum Gasteiger partial charge on any atom is -0.449 e. The minimum absolute atomic E-state index is 0.000113. The van der Waals surface area contributed by atoms with Crippen molar-refractivity contribution in [2.24, 2.45) is 5.92 Å². The first-order valence-electron chi connectivity index (χ1n) is 10.7. The molecule has 30 heavy (non-hydrogen) atoms. The van der Waals surface area contributed by atoms with Crippen LogP contribution in [-0.4, -0.2) is 75.7 Å².